The van der Waals surface area contributed by atoms with Crippen molar-refractivity contribution in [2.75, 3.05) is 24.6 Å². The Morgan fingerprint density at radius 3 is 2.72 bits per heavy atom. The van der Waals surface area contributed by atoms with E-state index in [4.69, 9.17) is 17.3 Å². The van der Waals surface area contributed by atoms with Crippen molar-refractivity contribution in [2.45, 2.75) is 25.4 Å². The predicted molar refractivity (Wildman–Crippen MR) is 81.4 cm³/mol. The zero-order valence-electron chi connectivity index (χ0n) is 10.8. The van der Waals surface area contributed by atoms with Gasteiger partial charge in [0.2, 0.25) is 0 Å². The predicted octanol–water partition coefficient (Wildman–Crippen LogP) is 3.17. The van der Waals surface area contributed by atoms with Crippen LogP contribution in [-0.2, 0) is 0 Å². The number of nitrogens with zero attached hydrogens (tertiary/aromatic N) is 1. The van der Waals surface area contributed by atoms with Crippen LogP contribution in [0.5, 0.6) is 0 Å². The van der Waals surface area contributed by atoms with Gasteiger partial charge in [0.25, 0.3) is 0 Å². The summed E-state index contributed by atoms with van der Waals surface area (Å²) >= 11 is 8.14. The second-order valence-corrected chi connectivity index (χ2v) is 6.38. The van der Waals surface area contributed by atoms with Gasteiger partial charge >= 0.3 is 0 Å². The molecule has 1 saturated heterocycles. The molecule has 2 rings (SSSR count). The molecule has 1 fully saturated rings. The number of halogens is 1. The first-order valence-corrected chi connectivity index (χ1v) is 8.08. The first-order valence-electron chi connectivity index (χ1n) is 6.55. The van der Waals surface area contributed by atoms with Gasteiger partial charge in [-0.2, -0.15) is 11.8 Å². The van der Waals surface area contributed by atoms with Crippen LogP contribution < -0.4 is 5.73 Å². The normalized spacial score (nSPS) is 20.6. The summed E-state index contributed by atoms with van der Waals surface area (Å²) in [5.74, 6) is 2.40. The molecule has 2 nitrogen and oxygen atoms in total. The van der Waals surface area contributed by atoms with Crippen LogP contribution in [0.3, 0.4) is 0 Å². The first-order chi connectivity index (χ1) is 8.72. The van der Waals surface area contributed by atoms with Crippen molar-refractivity contribution in [1.29, 1.82) is 0 Å². The highest BCUT2D eigenvalue weighted by atomic mass is 35.5. The fourth-order valence-corrected chi connectivity index (χ4v) is 3.63. The molecule has 100 valence electrons. The van der Waals surface area contributed by atoms with Gasteiger partial charge in [-0.1, -0.05) is 30.7 Å². The molecule has 1 aliphatic heterocycles. The highest BCUT2D eigenvalue weighted by molar-refractivity contribution is 7.99. The van der Waals surface area contributed by atoms with Crippen molar-refractivity contribution in [3.05, 3.63) is 34.9 Å². The van der Waals surface area contributed by atoms with Crippen molar-refractivity contribution in [1.82, 2.24) is 4.90 Å². The van der Waals surface area contributed by atoms with Crippen molar-refractivity contribution in [2.24, 2.45) is 5.73 Å². The van der Waals surface area contributed by atoms with E-state index in [1.165, 1.54) is 17.1 Å². The fourth-order valence-electron chi connectivity index (χ4n) is 2.50. The maximum atomic E-state index is 6.34. The number of rotatable bonds is 4. The summed E-state index contributed by atoms with van der Waals surface area (Å²) in [6.07, 6.45) is 0.987. The molecule has 1 aromatic carbocycles. The lowest BCUT2D eigenvalue weighted by atomic mass is 9.96. The van der Waals surface area contributed by atoms with Crippen molar-refractivity contribution < 1.29 is 0 Å². The van der Waals surface area contributed by atoms with Gasteiger partial charge in [-0.05, 0) is 24.1 Å². The number of hydrogen-bond acceptors (Lipinski definition) is 3. The number of nitrogens with two attached hydrogens (primary N) is 1. The molecule has 2 unspecified atom stereocenters. The molecule has 0 aliphatic carbocycles. The second kappa shape index (κ2) is 6.80. The van der Waals surface area contributed by atoms with Gasteiger partial charge in [0.15, 0.2) is 0 Å². The second-order valence-electron chi connectivity index (χ2n) is 4.72. The quantitative estimate of drug-likeness (QED) is 0.921. The molecular weight excluding hydrogens is 264 g/mol. The Hall–Kier alpha value is -0.220. The summed E-state index contributed by atoms with van der Waals surface area (Å²) in [7, 11) is 0. The Bertz CT molecular complexity index is 380. The van der Waals surface area contributed by atoms with E-state index in [1.807, 2.05) is 23.9 Å². The van der Waals surface area contributed by atoms with Crippen LogP contribution >= 0.6 is 23.4 Å². The van der Waals surface area contributed by atoms with Crippen molar-refractivity contribution in [3.8, 4) is 0 Å². The Balaban J connectivity index is 2.23. The highest BCUT2D eigenvalue weighted by Gasteiger charge is 2.26. The molecule has 1 aromatic rings. The summed E-state index contributed by atoms with van der Waals surface area (Å²) in [5.41, 5.74) is 7.59. The minimum atomic E-state index is 0.173. The lowest BCUT2D eigenvalue weighted by Gasteiger charge is -2.37. The van der Waals surface area contributed by atoms with Crippen LogP contribution in [0.25, 0.3) is 0 Å². The Kier molecular flexibility index (Phi) is 5.37. The van der Waals surface area contributed by atoms with Crippen LogP contribution in [0.15, 0.2) is 24.3 Å². The van der Waals surface area contributed by atoms with E-state index in [0.717, 1.165) is 24.5 Å². The van der Waals surface area contributed by atoms with Crippen molar-refractivity contribution >= 4 is 23.4 Å². The molecule has 0 amide bonds. The Labute approximate surface area is 119 Å². The molecule has 0 bridgehead atoms. The monoisotopic (exact) mass is 284 g/mol. The topological polar surface area (TPSA) is 29.3 Å². The van der Waals surface area contributed by atoms with E-state index >= 15 is 0 Å². The van der Waals surface area contributed by atoms with E-state index in [0.29, 0.717) is 6.04 Å². The first kappa shape index (κ1) is 14.2. The summed E-state index contributed by atoms with van der Waals surface area (Å²) in [6, 6.07) is 8.62. The largest absolute Gasteiger partial charge is 0.326 e. The van der Waals surface area contributed by atoms with Crippen molar-refractivity contribution in [3.63, 3.8) is 0 Å². The molecular formula is C14H21ClN2S. The van der Waals surface area contributed by atoms with Gasteiger partial charge in [-0.3, -0.25) is 4.90 Å². The van der Waals surface area contributed by atoms with E-state index in [2.05, 4.69) is 24.0 Å². The minimum absolute atomic E-state index is 0.173. The van der Waals surface area contributed by atoms with Crippen LogP contribution in [0.2, 0.25) is 5.02 Å². The molecule has 0 radical (unpaired) electrons. The molecule has 2 N–H and O–H groups in total. The van der Waals surface area contributed by atoms with Crippen LogP contribution in [0.1, 0.15) is 24.9 Å². The van der Waals surface area contributed by atoms with E-state index in [1.54, 1.807) is 0 Å². The minimum Gasteiger partial charge on any atom is -0.326 e. The van der Waals surface area contributed by atoms with Gasteiger partial charge < -0.3 is 5.73 Å². The van der Waals surface area contributed by atoms with Gasteiger partial charge in [0, 0.05) is 41.7 Å². The van der Waals surface area contributed by atoms with Crippen LogP contribution in [0.4, 0.5) is 0 Å². The molecule has 0 spiro atoms. The molecule has 1 heterocycles. The third kappa shape index (κ3) is 3.41. The Morgan fingerprint density at radius 2 is 2.11 bits per heavy atom. The average Bonchev–Trinajstić information content (AvgIpc) is 2.40. The number of thioether (sulfide) groups is 1. The molecule has 18 heavy (non-hydrogen) atoms. The average molecular weight is 285 g/mol. The molecule has 2 atom stereocenters. The van der Waals surface area contributed by atoms with E-state index in [-0.39, 0.29) is 6.04 Å². The Morgan fingerprint density at radius 1 is 1.39 bits per heavy atom. The van der Waals surface area contributed by atoms with Crippen LogP contribution in [-0.4, -0.2) is 35.5 Å². The van der Waals surface area contributed by atoms with Gasteiger partial charge in [0.1, 0.15) is 0 Å². The van der Waals surface area contributed by atoms with E-state index < -0.39 is 0 Å². The SMILES string of the molecule is CCC(N)C(c1cccc(Cl)c1)N1CCSCC1. The molecule has 0 saturated carbocycles. The third-order valence-electron chi connectivity index (χ3n) is 3.51. The zero-order chi connectivity index (χ0) is 13.0. The molecule has 4 heteroatoms. The lowest BCUT2D eigenvalue weighted by molar-refractivity contribution is 0.186. The number of hydrogen-bond donors (Lipinski definition) is 1. The maximum Gasteiger partial charge on any atom is 0.0500 e. The smallest absolute Gasteiger partial charge is 0.0500 e. The number of benzene rings is 1. The molecule has 0 aromatic heterocycles. The standard InChI is InChI=1S/C14H21ClN2S/c1-2-13(16)14(17-6-8-18-9-7-17)11-4-3-5-12(15)10-11/h3-5,10,13-14H,2,6-9,16H2,1H3. The maximum absolute atomic E-state index is 6.34. The summed E-state index contributed by atoms with van der Waals surface area (Å²) in [5, 5.41) is 0.798. The highest BCUT2D eigenvalue weighted by Crippen LogP contribution is 2.29. The van der Waals surface area contributed by atoms with E-state index in [9.17, 15) is 0 Å². The molecule has 1 aliphatic rings. The van der Waals surface area contributed by atoms with Gasteiger partial charge in [-0.15, -0.1) is 0 Å². The zero-order valence-corrected chi connectivity index (χ0v) is 12.4. The summed E-state index contributed by atoms with van der Waals surface area (Å²) < 4.78 is 0. The summed E-state index contributed by atoms with van der Waals surface area (Å²) in [4.78, 5) is 2.51. The summed E-state index contributed by atoms with van der Waals surface area (Å²) in [6.45, 7) is 4.39. The lowest BCUT2D eigenvalue weighted by Crippen LogP contribution is -2.44. The third-order valence-corrected chi connectivity index (χ3v) is 4.68. The van der Waals surface area contributed by atoms with Gasteiger partial charge in [-0.25, -0.2) is 0 Å². The van der Waals surface area contributed by atoms with Crippen LogP contribution in [0, 0.1) is 0 Å². The fraction of sp³-hybridized carbons (Fsp3) is 0.571. The van der Waals surface area contributed by atoms with Gasteiger partial charge in [0.05, 0.1) is 0 Å².